The molecule has 0 radical (unpaired) electrons. The van der Waals surface area contributed by atoms with Crippen molar-refractivity contribution in [3.63, 3.8) is 0 Å². The first-order valence-corrected chi connectivity index (χ1v) is 12.8. The van der Waals surface area contributed by atoms with Crippen LogP contribution in [0.3, 0.4) is 0 Å². The van der Waals surface area contributed by atoms with E-state index in [4.69, 9.17) is 27.1 Å². The van der Waals surface area contributed by atoms with E-state index in [1.165, 1.54) is 30.2 Å². The second-order valence-corrected chi connectivity index (χ2v) is 10.4. The number of ether oxygens (including phenoxy) is 1. The summed E-state index contributed by atoms with van der Waals surface area (Å²) in [6.45, 7) is 5.76. The summed E-state index contributed by atoms with van der Waals surface area (Å²) < 4.78 is 22.9. The number of hydrogen-bond donors (Lipinski definition) is 2. The lowest BCUT2D eigenvalue weighted by Crippen LogP contribution is -2.51. The van der Waals surface area contributed by atoms with Crippen molar-refractivity contribution in [2.45, 2.75) is 32.4 Å². The van der Waals surface area contributed by atoms with Crippen molar-refractivity contribution in [3.8, 4) is 17.1 Å². The molecule has 3 heterocycles. The normalized spacial score (nSPS) is 17.7. The second kappa shape index (κ2) is 8.57. The Morgan fingerprint density at radius 2 is 1.87 bits per heavy atom. The van der Waals surface area contributed by atoms with Crippen LogP contribution in [0.25, 0.3) is 11.4 Å². The number of anilines is 3. The summed E-state index contributed by atoms with van der Waals surface area (Å²) in [7, 11) is 1.52. The lowest BCUT2D eigenvalue weighted by molar-refractivity contribution is -0.119. The number of aryl methyl sites for hydroxylation is 1. The van der Waals surface area contributed by atoms with Crippen LogP contribution in [0.2, 0.25) is 5.02 Å². The van der Waals surface area contributed by atoms with Crippen molar-refractivity contribution in [2.75, 3.05) is 23.1 Å². The number of nitrogen functional groups attached to an aromatic ring is 1. The fourth-order valence-corrected chi connectivity index (χ4v) is 5.86. The van der Waals surface area contributed by atoms with Crippen molar-refractivity contribution in [2.24, 2.45) is 0 Å². The number of nitrogens with two attached hydrogens (primary N) is 1. The SMILES string of the molecule is COc1cc(N)ccc1-c1nc2c(n1C(C)C)C1(C(=O)Nc3cc(C)ccc31)N(c1cc(Cl)ccc1F)C2=O. The van der Waals surface area contributed by atoms with Gasteiger partial charge in [-0.15, -0.1) is 0 Å². The van der Waals surface area contributed by atoms with Crippen LogP contribution >= 0.6 is 11.6 Å². The van der Waals surface area contributed by atoms with Crippen LogP contribution in [0, 0.1) is 12.7 Å². The molecule has 2 amide bonds. The van der Waals surface area contributed by atoms with Gasteiger partial charge in [0.15, 0.2) is 11.2 Å². The van der Waals surface area contributed by atoms with Crippen LogP contribution < -0.4 is 20.7 Å². The third-order valence-corrected chi connectivity index (χ3v) is 7.50. The van der Waals surface area contributed by atoms with Gasteiger partial charge in [-0.3, -0.25) is 14.5 Å². The molecule has 1 atom stereocenters. The molecule has 198 valence electrons. The Kier molecular flexibility index (Phi) is 5.48. The van der Waals surface area contributed by atoms with Crippen LogP contribution in [0.4, 0.5) is 21.5 Å². The second-order valence-electron chi connectivity index (χ2n) is 10.0. The van der Waals surface area contributed by atoms with E-state index >= 15 is 4.39 Å². The Hall–Kier alpha value is -4.37. The highest BCUT2D eigenvalue weighted by Gasteiger charge is 2.64. The number of benzene rings is 3. The van der Waals surface area contributed by atoms with E-state index in [1.54, 1.807) is 24.3 Å². The Balaban J connectivity index is 1.74. The average molecular weight is 546 g/mol. The fourth-order valence-electron chi connectivity index (χ4n) is 5.69. The first-order valence-electron chi connectivity index (χ1n) is 12.4. The first-order chi connectivity index (χ1) is 18.6. The number of hydrogen-bond acceptors (Lipinski definition) is 5. The van der Waals surface area contributed by atoms with Gasteiger partial charge in [-0.1, -0.05) is 23.7 Å². The molecule has 0 saturated heterocycles. The molecule has 6 rings (SSSR count). The first kappa shape index (κ1) is 24.9. The molecule has 10 heteroatoms. The van der Waals surface area contributed by atoms with Crippen molar-refractivity contribution in [3.05, 3.63) is 88.0 Å². The molecule has 0 bridgehead atoms. The maximum atomic E-state index is 15.4. The smallest absolute Gasteiger partial charge is 0.280 e. The predicted molar refractivity (Wildman–Crippen MR) is 148 cm³/mol. The molecule has 4 aromatic rings. The fraction of sp³-hybridized carbons (Fsp3) is 0.207. The molecular weight excluding hydrogens is 521 g/mol. The van der Waals surface area contributed by atoms with Crippen LogP contribution in [-0.2, 0) is 10.3 Å². The minimum Gasteiger partial charge on any atom is -0.496 e. The number of nitrogens with zero attached hydrogens (tertiary/aromatic N) is 3. The highest BCUT2D eigenvalue weighted by Crippen LogP contribution is 2.55. The molecule has 1 spiro atoms. The van der Waals surface area contributed by atoms with E-state index < -0.39 is 23.2 Å². The van der Waals surface area contributed by atoms with E-state index in [9.17, 15) is 9.59 Å². The number of methoxy groups -OCH3 is 1. The van der Waals surface area contributed by atoms with Gasteiger partial charge in [0.1, 0.15) is 17.4 Å². The quantitative estimate of drug-likeness (QED) is 0.321. The molecule has 1 unspecified atom stereocenters. The molecule has 3 N–H and O–H groups in total. The molecule has 0 aliphatic carbocycles. The van der Waals surface area contributed by atoms with Gasteiger partial charge in [0.25, 0.3) is 11.8 Å². The number of rotatable bonds is 4. The largest absolute Gasteiger partial charge is 0.496 e. The lowest BCUT2D eigenvalue weighted by atomic mass is 9.86. The molecule has 39 heavy (non-hydrogen) atoms. The van der Waals surface area contributed by atoms with Crippen LogP contribution in [0.1, 0.15) is 47.2 Å². The number of halogens is 2. The third-order valence-electron chi connectivity index (χ3n) is 7.27. The lowest BCUT2D eigenvalue weighted by Gasteiger charge is -2.36. The van der Waals surface area contributed by atoms with Crippen molar-refractivity contribution < 1.29 is 18.7 Å². The van der Waals surface area contributed by atoms with Gasteiger partial charge in [-0.2, -0.15) is 0 Å². The standard InChI is InChI=1S/C29H25ClFN5O3/c1-14(2)35-25-24(34-26(35)18-8-7-17(32)13-23(18)39-4)27(37)36(22-12-16(30)6-10-20(22)31)29(25)19-9-5-15(3)11-21(19)33-28(29)38/h5-14H,32H2,1-4H3,(H,33,38). The monoisotopic (exact) mass is 545 g/mol. The Labute approximate surface area is 229 Å². The van der Waals surface area contributed by atoms with Crippen molar-refractivity contribution in [1.82, 2.24) is 9.55 Å². The Bertz CT molecular complexity index is 1720. The minimum atomic E-state index is -1.74. The van der Waals surface area contributed by atoms with Crippen LogP contribution in [-0.4, -0.2) is 28.5 Å². The average Bonchev–Trinajstić information content (AvgIpc) is 3.49. The number of carbonyl (C=O) groups excluding carboxylic acids is 2. The van der Waals surface area contributed by atoms with Gasteiger partial charge in [-0.25, -0.2) is 9.37 Å². The summed E-state index contributed by atoms with van der Waals surface area (Å²) >= 11 is 6.26. The molecule has 2 aliphatic rings. The highest BCUT2D eigenvalue weighted by molar-refractivity contribution is 6.31. The van der Waals surface area contributed by atoms with Gasteiger partial charge >= 0.3 is 0 Å². The van der Waals surface area contributed by atoms with Crippen molar-refractivity contribution >= 4 is 40.5 Å². The molecule has 1 aromatic heterocycles. The van der Waals surface area contributed by atoms with Gasteiger partial charge in [0.05, 0.1) is 24.1 Å². The summed E-state index contributed by atoms with van der Waals surface area (Å²) in [6.07, 6.45) is 0. The molecule has 2 aliphatic heterocycles. The zero-order chi connectivity index (χ0) is 27.8. The Morgan fingerprint density at radius 1 is 1.10 bits per heavy atom. The number of nitrogens with one attached hydrogen (secondary N) is 1. The zero-order valence-electron chi connectivity index (χ0n) is 21.7. The summed E-state index contributed by atoms with van der Waals surface area (Å²) in [4.78, 5) is 34.5. The van der Waals surface area contributed by atoms with Crippen molar-refractivity contribution in [1.29, 1.82) is 0 Å². The van der Waals surface area contributed by atoms with E-state index in [1.807, 2.05) is 37.5 Å². The van der Waals surface area contributed by atoms with E-state index in [2.05, 4.69) is 5.32 Å². The van der Waals surface area contributed by atoms with Crippen LogP contribution in [0.5, 0.6) is 5.75 Å². The number of aromatic nitrogens is 2. The van der Waals surface area contributed by atoms with Gasteiger partial charge in [0.2, 0.25) is 0 Å². The topological polar surface area (TPSA) is 102 Å². The highest BCUT2D eigenvalue weighted by atomic mass is 35.5. The van der Waals surface area contributed by atoms with Gasteiger partial charge < -0.3 is 20.4 Å². The molecular formula is C29H25ClFN5O3. The predicted octanol–water partition coefficient (Wildman–Crippen LogP) is 5.68. The van der Waals surface area contributed by atoms with Gasteiger partial charge in [0, 0.05) is 34.1 Å². The number of carbonyl (C=O) groups is 2. The molecule has 0 saturated carbocycles. The number of amides is 2. The summed E-state index contributed by atoms with van der Waals surface area (Å²) in [5.74, 6) is -0.912. The zero-order valence-corrected chi connectivity index (χ0v) is 22.4. The van der Waals surface area contributed by atoms with Crippen LogP contribution in [0.15, 0.2) is 54.6 Å². The molecule has 0 fully saturated rings. The minimum absolute atomic E-state index is 0.0422. The van der Waals surface area contributed by atoms with E-state index in [0.29, 0.717) is 39.8 Å². The van der Waals surface area contributed by atoms with Gasteiger partial charge in [-0.05, 0) is 62.7 Å². The summed E-state index contributed by atoms with van der Waals surface area (Å²) in [6, 6.07) is 14.3. The maximum Gasteiger partial charge on any atom is 0.280 e. The number of imidazole rings is 1. The molecule has 3 aromatic carbocycles. The number of fused-ring (bicyclic) bond motifs is 4. The third kappa shape index (κ3) is 3.32. The summed E-state index contributed by atoms with van der Waals surface area (Å²) in [5.41, 5.74) is 7.60. The summed E-state index contributed by atoms with van der Waals surface area (Å²) in [5, 5.41) is 3.16. The maximum absolute atomic E-state index is 15.4. The van der Waals surface area contributed by atoms with E-state index in [-0.39, 0.29) is 22.4 Å². The molecule has 8 nitrogen and oxygen atoms in total. The Morgan fingerprint density at radius 3 is 2.59 bits per heavy atom. The van der Waals surface area contributed by atoms with E-state index in [0.717, 1.165) is 5.56 Å².